The summed E-state index contributed by atoms with van der Waals surface area (Å²) in [6, 6.07) is 20.4. The summed E-state index contributed by atoms with van der Waals surface area (Å²) in [5.74, 6) is 0.904. The van der Waals surface area contributed by atoms with Crippen LogP contribution in [0.25, 0.3) is 11.1 Å². The largest absolute Gasteiger partial charge is 0.334 e. The Balaban J connectivity index is 1.66. The Hall–Kier alpha value is -2.53. The predicted octanol–water partition coefficient (Wildman–Crippen LogP) is 4.95. The van der Waals surface area contributed by atoms with Gasteiger partial charge < -0.3 is 4.98 Å². The fraction of sp³-hybridized carbons (Fsp3) is 0.0556. The average molecular weight is 367 g/mol. The monoisotopic (exact) mass is 366 g/mol. The standard InChI is InChI=1S/C18H15BrN4/c19-17-16(13-7-3-1-4-8-13)15-11-23(12-20-18(15)21-17)22-14-9-5-2-6-10-14/h1-10,12,21-22H,11H2. The molecular weight excluding hydrogens is 352 g/mol. The summed E-state index contributed by atoms with van der Waals surface area (Å²) in [5, 5.41) is 1.99. The highest BCUT2D eigenvalue weighted by atomic mass is 79.9. The topological polar surface area (TPSA) is 43.4 Å². The number of para-hydroxylation sites is 1. The van der Waals surface area contributed by atoms with E-state index in [1.807, 2.05) is 59.9 Å². The summed E-state index contributed by atoms with van der Waals surface area (Å²) in [5.41, 5.74) is 7.92. The number of nitrogens with one attached hydrogen (secondary N) is 2. The van der Waals surface area contributed by atoms with Gasteiger partial charge in [0.05, 0.1) is 16.8 Å². The van der Waals surface area contributed by atoms with E-state index >= 15 is 0 Å². The summed E-state index contributed by atoms with van der Waals surface area (Å²) in [6.07, 6.45) is 1.81. The highest BCUT2D eigenvalue weighted by Gasteiger charge is 2.21. The Bertz CT molecular complexity index is 840. The van der Waals surface area contributed by atoms with Gasteiger partial charge in [-0.25, -0.2) is 4.99 Å². The lowest BCUT2D eigenvalue weighted by atomic mass is 10.0. The van der Waals surface area contributed by atoms with Gasteiger partial charge in [0.15, 0.2) is 0 Å². The second-order valence-corrected chi connectivity index (χ2v) is 6.15. The first kappa shape index (κ1) is 14.1. The Labute approximate surface area is 143 Å². The second-order valence-electron chi connectivity index (χ2n) is 5.36. The van der Waals surface area contributed by atoms with Gasteiger partial charge in [0.2, 0.25) is 0 Å². The minimum absolute atomic E-state index is 0.736. The number of aliphatic imine (C=N–C) groups is 1. The summed E-state index contributed by atoms with van der Waals surface area (Å²) in [4.78, 5) is 7.84. The summed E-state index contributed by atoms with van der Waals surface area (Å²) in [7, 11) is 0. The highest BCUT2D eigenvalue weighted by Crippen LogP contribution is 2.39. The van der Waals surface area contributed by atoms with Crippen LogP contribution in [0.2, 0.25) is 0 Å². The van der Waals surface area contributed by atoms with Crippen molar-refractivity contribution in [3.8, 4) is 11.1 Å². The minimum atomic E-state index is 0.736. The van der Waals surface area contributed by atoms with E-state index in [4.69, 9.17) is 0 Å². The molecule has 0 amide bonds. The van der Waals surface area contributed by atoms with Crippen molar-refractivity contribution in [1.82, 2.24) is 9.99 Å². The van der Waals surface area contributed by atoms with Gasteiger partial charge in [-0.15, -0.1) is 0 Å². The van der Waals surface area contributed by atoms with Crippen LogP contribution in [0, 0.1) is 0 Å². The quantitative estimate of drug-likeness (QED) is 0.688. The molecule has 114 valence electrons. The minimum Gasteiger partial charge on any atom is -0.334 e. The number of hydrazine groups is 1. The van der Waals surface area contributed by atoms with Crippen molar-refractivity contribution in [3.63, 3.8) is 0 Å². The molecule has 3 aromatic rings. The molecule has 0 saturated heterocycles. The van der Waals surface area contributed by atoms with Crippen molar-refractivity contribution in [2.75, 3.05) is 5.43 Å². The van der Waals surface area contributed by atoms with Crippen molar-refractivity contribution in [2.45, 2.75) is 6.54 Å². The fourth-order valence-corrected chi connectivity index (χ4v) is 3.40. The molecule has 2 N–H and O–H groups in total. The van der Waals surface area contributed by atoms with Crippen LogP contribution in [0.5, 0.6) is 0 Å². The molecule has 1 aliphatic heterocycles. The zero-order chi connectivity index (χ0) is 15.6. The van der Waals surface area contributed by atoms with Gasteiger partial charge in [0.25, 0.3) is 0 Å². The van der Waals surface area contributed by atoms with Crippen LogP contribution in [0.1, 0.15) is 5.56 Å². The molecule has 4 nitrogen and oxygen atoms in total. The van der Waals surface area contributed by atoms with Gasteiger partial charge >= 0.3 is 0 Å². The zero-order valence-corrected chi connectivity index (χ0v) is 13.9. The van der Waals surface area contributed by atoms with Crippen molar-refractivity contribution in [1.29, 1.82) is 0 Å². The van der Waals surface area contributed by atoms with Gasteiger partial charge in [0, 0.05) is 11.1 Å². The molecule has 0 unspecified atom stereocenters. The lowest BCUT2D eigenvalue weighted by molar-refractivity contribution is 0.500. The summed E-state index contributed by atoms with van der Waals surface area (Å²) < 4.78 is 0.965. The summed E-state index contributed by atoms with van der Waals surface area (Å²) >= 11 is 3.63. The smallest absolute Gasteiger partial charge is 0.138 e. The first-order chi connectivity index (χ1) is 11.3. The van der Waals surface area contributed by atoms with Crippen molar-refractivity contribution >= 4 is 33.8 Å². The number of fused-ring (bicyclic) bond motifs is 1. The maximum absolute atomic E-state index is 4.53. The van der Waals surface area contributed by atoms with Crippen LogP contribution in [-0.2, 0) is 6.54 Å². The Morgan fingerprint density at radius 2 is 1.70 bits per heavy atom. The van der Waals surface area contributed by atoms with Gasteiger partial charge in [0.1, 0.15) is 12.2 Å². The van der Waals surface area contributed by atoms with E-state index in [2.05, 4.69) is 43.5 Å². The number of aromatic nitrogens is 1. The molecule has 0 aliphatic carbocycles. The third kappa shape index (κ3) is 2.75. The van der Waals surface area contributed by atoms with Crippen LogP contribution in [-0.4, -0.2) is 16.3 Å². The molecule has 2 aromatic carbocycles. The lowest BCUT2D eigenvalue weighted by Crippen LogP contribution is -2.29. The molecule has 1 aromatic heterocycles. The van der Waals surface area contributed by atoms with E-state index in [1.165, 1.54) is 11.1 Å². The van der Waals surface area contributed by atoms with Crippen molar-refractivity contribution < 1.29 is 0 Å². The van der Waals surface area contributed by atoms with Crippen LogP contribution < -0.4 is 5.43 Å². The number of aromatic amines is 1. The number of halogens is 1. The molecular formula is C18H15BrN4. The van der Waals surface area contributed by atoms with Gasteiger partial charge in [-0.2, -0.15) is 0 Å². The fourth-order valence-electron chi connectivity index (χ4n) is 2.75. The van der Waals surface area contributed by atoms with E-state index in [9.17, 15) is 0 Å². The Morgan fingerprint density at radius 1 is 1.00 bits per heavy atom. The van der Waals surface area contributed by atoms with Crippen LogP contribution in [0.4, 0.5) is 11.5 Å². The Kier molecular flexibility index (Phi) is 3.63. The molecule has 0 atom stereocenters. The number of rotatable bonds is 3. The Morgan fingerprint density at radius 3 is 2.43 bits per heavy atom. The lowest BCUT2D eigenvalue weighted by Gasteiger charge is -2.25. The number of H-pyrrole nitrogens is 1. The molecule has 23 heavy (non-hydrogen) atoms. The van der Waals surface area contributed by atoms with Gasteiger partial charge in [-0.3, -0.25) is 10.4 Å². The predicted molar refractivity (Wildman–Crippen MR) is 97.7 cm³/mol. The first-order valence-electron chi connectivity index (χ1n) is 7.39. The van der Waals surface area contributed by atoms with Crippen LogP contribution in [0.15, 0.2) is 70.3 Å². The second kappa shape index (κ2) is 5.93. The molecule has 0 bridgehead atoms. The first-order valence-corrected chi connectivity index (χ1v) is 8.19. The number of hydrogen-bond acceptors (Lipinski definition) is 3. The molecule has 0 radical (unpaired) electrons. The van der Waals surface area contributed by atoms with Crippen molar-refractivity contribution in [2.24, 2.45) is 4.99 Å². The molecule has 1 aliphatic rings. The molecule has 0 spiro atoms. The maximum atomic E-state index is 4.53. The highest BCUT2D eigenvalue weighted by molar-refractivity contribution is 9.10. The molecule has 4 rings (SSSR count). The van der Waals surface area contributed by atoms with Crippen molar-refractivity contribution in [3.05, 3.63) is 70.8 Å². The van der Waals surface area contributed by atoms with Crippen LogP contribution in [0.3, 0.4) is 0 Å². The van der Waals surface area contributed by atoms with Gasteiger partial charge in [-0.05, 0) is 33.6 Å². The van der Waals surface area contributed by atoms with Crippen LogP contribution >= 0.6 is 15.9 Å². The van der Waals surface area contributed by atoms with E-state index < -0.39 is 0 Å². The van der Waals surface area contributed by atoms with E-state index in [-0.39, 0.29) is 0 Å². The van der Waals surface area contributed by atoms with E-state index in [0.717, 1.165) is 28.2 Å². The third-order valence-electron chi connectivity index (χ3n) is 3.80. The SMILES string of the molecule is Brc1[nH]c2c(c1-c1ccccc1)CN(Nc1ccccc1)C=N2. The molecule has 0 saturated carbocycles. The normalized spacial score (nSPS) is 13.0. The maximum Gasteiger partial charge on any atom is 0.138 e. The molecule has 5 heteroatoms. The number of benzene rings is 2. The molecule has 2 heterocycles. The number of hydrogen-bond donors (Lipinski definition) is 2. The third-order valence-corrected chi connectivity index (χ3v) is 4.39. The average Bonchev–Trinajstić information content (AvgIpc) is 2.92. The zero-order valence-electron chi connectivity index (χ0n) is 12.3. The van der Waals surface area contributed by atoms with E-state index in [1.54, 1.807) is 0 Å². The summed E-state index contributed by atoms with van der Waals surface area (Å²) in [6.45, 7) is 0.736. The molecule has 0 fully saturated rings. The van der Waals surface area contributed by atoms with E-state index in [0.29, 0.717) is 0 Å². The van der Waals surface area contributed by atoms with Gasteiger partial charge in [-0.1, -0.05) is 48.5 Å². The number of anilines is 1. The number of nitrogens with zero attached hydrogens (tertiary/aromatic N) is 2.